The van der Waals surface area contributed by atoms with Gasteiger partial charge in [0, 0.05) is 5.69 Å². The van der Waals surface area contributed by atoms with E-state index in [1.54, 1.807) is 12.1 Å². The Hall–Kier alpha value is -2.97. The van der Waals surface area contributed by atoms with Crippen LogP contribution in [0.3, 0.4) is 0 Å². The normalized spacial score (nSPS) is 11.6. The number of hydrogen-bond donors (Lipinski definition) is 1. The zero-order chi connectivity index (χ0) is 19.7. The highest BCUT2D eigenvalue weighted by Crippen LogP contribution is 2.23. The predicted octanol–water partition coefficient (Wildman–Crippen LogP) is 4.05. The first-order valence-corrected chi connectivity index (χ1v) is 10.6. The van der Waals surface area contributed by atoms with E-state index < -0.39 is 15.8 Å². The van der Waals surface area contributed by atoms with Crippen LogP contribution in [0.15, 0.2) is 82.5 Å². The van der Waals surface area contributed by atoms with Gasteiger partial charge in [0.15, 0.2) is 0 Å². The van der Waals surface area contributed by atoms with Crippen molar-refractivity contribution >= 4 is 38.1 Å². The lowest BCUT2D eigenvalue weighted by Gasteiger charge is -2.09. The van der Waals surface area contributed by atoms with Crippen molar-refractivity contribution in [3.63, 3.8) is 0 Å². The number of nitrogens with one attached hydrogen (secondary N) is 1. The molecule has 3 aromatic carbocycles. The summed E-state index contributed by atoms with van der Waals surface area (Å²) in [4.78, 5) is 12.3. The molecule has 1 N–H and O–H groups in total. The second kappa shape index (κ2) is 7.21. The van der Waals surface area contributed by atoms with Gasteiger partial charge >= 0.3 is 0 Å². The summed E-state index contributed by atoms with van der Waals surface area (Å²) in [6.45, 7) is 0.560. The first kappa shape index (κ1) is 18.4. The number of anilines is 1. The van der Waals surface area contributed by atoms with Gasteiger partial charge in [0.05, 0.1) is 22.3 Å². The van der Waals surface area contributed by atoms with Gasteiger partial charge in [0.25, 0.3) is 14.8 Å². The van der Waals surface area contributed by atoms with E-state index in [1.807, 2.05) is 34.3 Å². The van der Waals surface area contributed by atoms with Crippen molar-refractivity contribution in [1.82, 2.24) is 3.96 Å². The van der Waals surface area contributed by atoms with Crippen molar-refractivity contribution in [3.05, 3.63) is 93.7 Å². The standard InChI is InChI=1S/C20H15FN2O3S2/c21-15-6-9-17(10-7-15)28(25,26)22-16-8-11-19-18(12-16)20(24)27-23(19)13-14-4-2-1-3-5-14/h1-12,22H,13H2. The Bertz CT molecular complexity index is 1300. The molecule has 142 valence electrons. The molecule has 4 rings (SSSR count). The minimum absolute atomic E-state index is 0.0548. The highest BCUT2D eigenvalue weighted by molar-refractivity contribution is 7.92. The van der Waals surface area contributed by atoms with Crippen LogP contribution in [0.4, 0.5) is 10.1 Å². The van der Waals surface area contributed by atoms with Crippen LogP contribution >= 0.6 is 11.5 Å². The number of halogens is 1. The Morgan fingerprint density at radius 1 is 0.964 bits per heavy atom. The van der Waals surface area contributed by atoms with Crippen LogP contribution in [0, 0.1) is 5.82 Å². The molecule has 0 atom stereocenters. The van der Waals surface area contributed by atoms with Gasteiger partial charge in [-0.25, -0.2) is 12.8 Å². The van der Waals surface area contributed by atoms with Crippen molar-refractivity contribution in [3.8, 4) is 0 Å². The molecule has 0 saturated heterocycles. The average Bonchev–Trinajstić information content (AvgIpc) is 2.98. The number of rotatable bonds is 5. The maximum atomic E-state index is 13.0. The predicted molar refractivity (Wildman–Crippen MR) is 109 cm³/mol. The number of nitrogens with zero attached hydrogens (tertiary/aromatic N) is 1. The fraction of sp³-hybridized carbons (Fsp3) is 0.0500. The van der Waals surface area contributed by atoms with Gasteiger partial charge in [-0.3, -0.25) is 13.5 Å². The molecule has 0 bridgehead atoms. The zero-order valence-electron chi connectivity index (χ0n) is 14.5. The SMILES string of the molecule is O=c1sn(Cc2ccccc2)c2ccc(NS(=O)(=O)c3ccc(F)cc3)cc12. The second-order valence-electron chi connectivity index (χ2n) is 6.19. The molecule has 8 heteroatoms. The molecule has 0 aliphatic heterocycles. The van der Waals surface area contributed by atoms with E-state index in [0.717, 1.165) is 34.7 Å². The van der Waals surface area contributed by atoms with Crippen LogP contribution in [0.5, 0.6) is 0 Å². The second-order valence-corrected chi connectivity index (χ2v) is 8.87. The minimum Gasteiger partial charge on any atom is -0.290 e. The van der Waals surface area contributed by atoms with Crippen molar-refractivity contribution in [2.75, 3.05) is 4.72 Å². The Morgan fingerprint density at radius 2 is 1.68 bits per heavy atom. The van der Waals surface area contributed by atoms with E-state index in [4.69, 9.17) is 0 Å². The summed E-state index contributed by atoms with van der Waals surface area (Å²) < 4.78 is 42.1. The smallest absolute Gasteiger partial charge is 0.261 e. The molecular weight excluding hydrogens is 399 g/mol. The monoisotopic (exact) mass is 414 g/mol. The largest absolute Gasteiger partial charge is 0.290 e. The van der Waals surface area contributed by atoms with Crippen molar-refractivity contribution < 1.29 is 12.8 Å². The topological polar surface area (TPSA) is 68.2 Å². The molecule has 0 spiro atoms. The van der Waals surface area contributed by atoms with E-state index in [2.05, 4.69) is 4.72 Å². The van der Waals surface area contributed by atoms with Gasteiger partial charge in [0.2, 0.25) is 0 Å². The van der Waals surface area contributed by atoms with E-state index in [-0.39, 0.29) is 15.3 Å². The van der Waals surface area contributed by atoms with Crippen LogP contribution < -0.4 is 9.46 Å². The minimum atomic E-state index is -3.88. The molecule has 0 saturated carbocycles. The first-order valence-electron chi connectivity index (χ1n) is 8.38. The maximum Gasteiger partial charge on any atom is 0.261 e. The average molecular weight is 414 g/mol. The van der Waals surface area contributed by atoms with Gasteiger partial charge in [-0.2, -0.15) is 0 Å². The van der Waals surface area contributed by atoms with E-state index in [9.17, 15) is 17.6 Å². The van der Waals surface area contributed by atoms with Gasteiger partial charge in [-0.05, 0) is 59.6 Å². The Morgan fingerprint density at radius 3 is 2.39 bits per heavy atom. The molecule has 4 aromatic rings. The number of fused-ring (bicyclic) bond motifs is 1. The molecule has 28 heavy (non-hydrogen) atoms. The quantitative estimate of drug-likeness (QED) is 0.536. The molecule has 0 unspecified atom stereocenters. The lowest BCUT2D eigenvalue weighted by atomic mass is 10.2. The van der Waals surface area contributed by atoms with Crippen LogP contribution in [0.2, 0.25) is 0 Å². The van der Waals surface area contributed by atoms with Crippen LogP contribution in [-0.2, 0) is 16.6 Å². The summed E-state index contributed by atoms with van der Waals surface area (Å²) in [6.07, 6.45) is 0. The lowest BCUT2D eigenvalue weighted by Crippen LogP contribution is -2.13. The summed E-state index contributed by atoms with van der Waals surface area (Å²) in [6, 6.07) is 19.2. The summed E-state index contributed by atoms with van der Waals surface area (Å²) in [5, 5.41) is 0.445. The maximum absolute atomic E-state index is 13.0. The summed E-state index contributed by atoms with van der Waals surface area (Å²) in [5.74, 6) is -0.516. The fourth-order valence-corrected chi connectivity index (χ4v) is 4.86. The van der Waals surface area contributed by atoms with Crippen molar-refractivity contribution in [2.45, 2.75) is 11.4 Å². The van der Waals surface area contributed by atoms with Gasteiger partial charge in [0.1, 0.15) is 5.82 Å². The fourth-order valence-electron chi connectivity index (χ4n) is 2.87. The molecule has 1 aromatic heterocycles. The van der Waals surface area contributed by atoms with Crippen molar-refractivity contribution in [2.24, 2.45) is 0 Å². The van der Waals surface area contributed by atoms with Gasteiger partial charge < -0.3 is 0 Å². The van der Waals surface area contributed by atoms with E-state index in [0.29, 0.717) is 11.9 Å². The molecule has 5 nitrogen and oxygen atoms in total. The molecule has 0 aliphatic rings. The third-order valence-electron chi connectivity index (χ3n) is 4.22. The van der Waals surface area contributed by atoms with Crippen LogP contribution in [0.25, 0.3) is 10.9 Å². The Labute approximate surface area is 164 Å². The van der Waals surface area contributed by atoms with E-state index >= 15 is 0 Å². The Balaban J connectivity index is 1.66. The van der Waals surface area contributed by atoms with E-state index in [1.165, 1.54) is 18.2 Å². The Kier molecular flexibility index (Phi) is 4.74. The third kappa shape index (κ3) is 3.69. The van der Waals surface area contributed by atoms with Gasteiger partial charge in [-0.15, -0.1) is 0 Å². The van der Waals surface area contributed by atoms with Crippen molar-refractivity contribution in [1.29, 1.82) is 0 Å². The number of sulfonamides is 1. The first-order chi connectivity index (χ1) is 13.4. The summed E-state index contributed by atoms with van der Waals surface area (Å²) in [5.41, 5.74) is 2.08. The number of hydrogen-bond acceptors (Lipinski definition) is 4. The molecule has 0 fully saturated rings. The molecule has 0 aliphatic carbocycles. The molecular formula is C20H15FN2O3S2. The van der Waals surface area contributed by atoms with Crippen LogP contribution in [0.1, 0.15) is 5.56 Å². The summed E-state index contributed by atoms with van der Waals surface area (Å²) in [7, 11) is -3.88. The number of aromatic nitrogens is 1. The third-order valence-corrected chi connectivity index (χ3v) is 6.55. The highest BCUT2D eigenvalue weighted by atomic mass is 32.2. The number of benzene rings is 3. The zero-order valence-corrected chi connectivity index (χ0v) is 16.1. The lowest BCUT2D eigenvalue weighted by molar-refractivity contribution is 0.599. The van der Waals surface area contributed by atoms with Gasteiger partial charge in [-0.1, -0.05) is 30.3 Å². The molecule has 1 heterocycles. The highest BCUT2D eigenvalue weighted by Gasteiger charge is 2.16. The van der Waals surface area contributed by atoms with Crippen LogP contribution in [-0.4, -0.2) is 12.4 Å². The summed E-state index contributed by atoms with van der Waals surface area (Å²) >= 11 is 1.09. The molecule has 0 radical (unpaired) electrons. The molecule has 0 amide bonds.